The van der Waals surface area contributed by atoms with Gasteiger partial charge < -0.3 is 10.1 Å². The molecule has 0 radical (unpaired) electrons. The predicted molar refractivity (Wildman–Crippen MR) is 88.2 cm³/mol. The summed E-state index contributed by atoms with van der Waals surface area (Å²) in [4.78, 5) is 12.3. The van der Waals surface area contributed by atoms with Gasteiger partial charge in [-0.15, -0.1) is 0 Å². The van der Waals surface area contributed by atoms with Crippen molar-refractivity contribution in [1.82, 2.24) is 9.62 Å². The first kappa shape index (κ1) is 17.7. The minimum Gasteiger partial charge on any atom is -0.495 e. The van der Waals surface area contributed by atoms with Crippen LogP contribution in [0, 0.1) is 0 Å². The van der Waals surface area contributed by atoms with Gasteiger partial charge in [0.2, 0.25) is 10.0 Å². The quantitative estimate of drug-likeness (QED) is 0.859. The lowest BCUT2D eigenvalue weighted by atomic mass is 10.2. The van der Waals surface area contributed by atoms with Gasteiger partial charge in [0, 0.05) is 24.7 Å². The summed E-state index contributed by atoms with van der Waals surface area (Å²) in [6.45, 7) is 4.90. The zero-order chi connectivity index (χ0) is 17.0. The molecule has 0 unspecified atom stereocenters. The minimum absolute atomic E-state index is 0.0308. The van der Waals surface area contributed by atoms with Crippen LogP contribution in [0.1, 0.15) is 43.5 Å². The van der Waals surface area contributed by atoms with Gasteiger partial charge in [0.15, 0.2) is 0 Å². The molecule has 0 saturated carbocycles. The summed E-state index contributed by atoms with van der Waals surface area (Å²) < 4.78 is 32.2. The number of carbonyl (C=O) groups excluding carboxylic acids is 1. The molecule has 1 aromatic carbocycles. The van der Waals surface area contributed by atoms with E-state index in [2.05, 4.69) is 5.32 Å². The van der Waals surface area contributed by atoms with Crippen LogP contribution in [0.5, 0.6) is 5.75 Å². The lowest BCUT2D eigenvalue weighted by Gasteiger charge is -2.18. The number of ether oxygens (including phenoxy) is 1. The number of carbonyl (C=O) groups is 1. The summed E-state index contributed by atoms with van der Waals surface area (Å²) >= 11 is 0. The van der Waals surface area contributed by atoms with Gasteiger partial charge in [0.05, 0.1) is 7.11 Å². The van der Waals surface area contributed by atoms with Gasteiger partial charge in [-0.1, -0.05) is 6.92 Å². The Morgan fingerprint density at radius 1 is 1.35 bits per heavy atom. The van der Waals surface area contributed by atoms with E-state index in [4.69, 9.17) is 4.74 Å². The molecular weight excluding hydrogens is 316 g/mol. The Hall–Kier alpha value is -1.60. The minimum atomic E-state index is -3.64. The van der Waals surface area contributed by atoms with E-state index >= 15 is 0 Å². The van der Waals surface area contributed by atoms with Gasteiger partial charge in [-0.25, -0.2) is 8.42 Å². The molecule has 1 amide bonds. The maximum absolute atomic E-state index is 12.8. The maximum atomic E-state index is 12.8. The van der Waals surface area contributed by atoms with E-state index in [9.17, 15) is 13.2 Å². The monoisotopic (exact) mass is 340 g/mol. The molecule has 0 bridgehead atoms. The molecule has 2 rings (SSSR count). The van der Waals surface area contributed by atoms with E-state index < -0.39 is 10.0 Å². The van der Waals surface area contributed by atoms with Crippen molar-refractivity contribution in [2.24, 2.45) is 0 Å². The normalized spacial score (nSPS) is 17.0. The van der Waals surface area contributed by atoms with Gasteiger partial charge in [-0.2, -0.15) is 4.31 Å². The van der Waals surface area contributed by atoms with Crippen LogP contribution in [0.25, 0.3) is 0 Å². The Morgan fingerprint density at radius 2 is 2.00 bits per heavy atom. The number of benzene rings is 1. The fourth-order valence-corrected chi connectivity index (χ4v) is 4.19. The number of amides is 1. The van der Waals surface area contributed by atoms with Crippen LogP contribution in [-0.2, 0) is 10.0 Å². The summed E-state index contributed by atoms with van der Waals surface area (Å²) in [6, 6.07) is 4.56. The highest BCUT2D eigenvalue weighted by atomic mass is 32.2. The lowest BCUT2D eigenvalue weighted by Crippen LogP contribution is -2.32. The van der Waals surface area contributed by atoms with Crippen LogP contribution in [0.3, 0.4) is 0 Å². The predicted octanol–water partition coefficient (Wildman–Crippen LogP) is 2.01. The molecule has 0 aromatic heterocycles. The van der Waals surface area contributed by atoms with Crippen LogP contribution < -0.4 is 10.1 Å². The lowest BCUT2D eigenvalue weighted by molar-refractivity contribution is 0.0939. The van der Waals surface area contributed by atoms with E-state index in [1.165, 1.54) is 23.5 Å². The number of rotatable bonds is 6. The molecule has 1 N–H and O–H groups in total. The SMILES string of the molecule is CC[C@@H](C)NC(=O)c1ccc(OC)c(S(=O)(=O)N2CCCC2)c1. The second-order valence-corrected chi connectivity index (χ2v) is 7.67. The number of nitrogens with one attached hydrogen (secondary N) is 1. The number of sulfonamides is 1. The molecule has 1 heterocycles. The van der Waals surface area contributed by atoms with Crippen molar-refractivity contribution in [3.63, 3.8) is 0 Å². The van der Waals surface area contributed by atoms with E-state index in [1.54, 1.807) is 6.07 Å². The molecule has 0 spiro atoms. The molecule has 1 atom stereocenters. The van der Waals surface area contributed by atoms with Crippen molar-refractivity contribution in [3.05, 3.63) is 23.8 Å². The second kappa shape index (κ2) is 7.31. The Morgan fingerprint density at radius 3 is 2.57 bits per heavy atom. The first-order valence-electron chi connectivity index (χ1n) is 7.89. The molecule has 1 saturated heterocycles. The zero-order valence-corrected chi connectivity index (χ0v) is 14.6. The van der Waals surface area contributed by atoms with Crippen molar-refractivity contribution >= 4 is 15.9 Å². The Bertz CT molecular complexity index is 667. The van der Waals surface area contributed by atoms with Crippen molar-refractivity contribution < 1.29 is 17.9 Å². The third-order valence-electron chi connectivity index (χ3n) is 4.10. The number of methoxy groups -OCH3 is 1. The van der Waals surface area contributed by atoms with E-state index in [-0.39, 0.29) is 22.6 Å². The number of hydrogen-bond donors (Lipinski definition) is 1. The Balaban J connectivity index is 2.38. The molecule has 1 aliphatic rings. The van der Waals surface area contributed by atoms with Gasteiger partial charge >= 0.3 is 0 Å². The fourth-order valence-electron chi connectivity index (χ4n) is 2.50. The largest absolute Gasteiger partial charge is 0.495 e. The summed E-state index contributed by atoms with van der Waals surface area (Å²) in [5.74, 6) is -0.0168. The van der Waals surface area contributed by atoms with Crippen molar-refractivity contribution in [3.8, 4) is 5.75 Å². The van der Waals surface area contributed by atoms with E-state index in [0.29, 0.717) is 18.7 Å². The van der Waals surface area contributed by atoms with Crippen LogP contribution in [0.4, 0.5) is 0 Å². The molecular formula is C16H24N2O4S. The summed E-state index contributed by atoms with van der Waals surface area (Å²) in [7, 11) is -2.22. The van der Waals surface area contributed by atoms with Crippen molar-refractivity contribution in [1.29, 1.82) is 0 Å². The topological polar surface area (TPSA) is 75.7 Å². The van der Waals surface area contributed by atoms with Crippen molar-refractivity contribution in [2.75, 3.05) is 20.2 Å². The number of hydrogen-bond acceptors (Lipinski definition) is 4. The van der Waals surface area contributed by atoms with E-state index in [1.807, 2.05) is 13.8 Å². The third kappa shape index (κ3) is 3.84. The van der Waals surface area contributed by atoms with Gasteiger partial charge in [-0.3, -0.25) is 4.79 Å². The second-order valence-electron chi connectivity index (χ2n) is 5.76. The molecule has 1 aromatic rings. The molecule has 1 fully saturated rings. The molecule has 128 valence electrons. The van der Waals surface area contributed by atoms with E-state index in [0.717, 1.165) is 19.3 Å². The highest BCUT2D eigenvalue weighted by molar-refractivity contribution is 7.89. The average molecular weight is 340 g/mol. The smallest absolute Gasteiger partial charge is 0.251 e. The van der Waals surface area contributed by atoms with Crippen LogP contribution in [-0.4, -0.2) is 44.9 Å². The first-order chi connectivity index (χ1) is 10.9. The first-order valence-corrected chi connectivity index (χ1v) is 9.33. The zero-order valence-electron chi connectivity index (χ0n) is 13.8. The van der Waals surface area contributed by atoms with Crippen LogP contribution in [0.15, 0.2) is 23.1 Å². The highest BCUT2D eigenvalue weighted by Crippen LogP contribution is 2.29. The highest BCUT2D eigenvalue weighted by Gasteiger charge is 2.30. The van der Waals surface area contributed by atoms with Gasteiger partial charge in [0.1, 0.15) is 10.6 Å². The fraction of sp³-hybridized carbons (Fsp3) is 0.562. The summed E-state index contributed by atoms with van der Waals surface area (Å²) in [5.41, 5.74) is 0.323. The van der Waals surface area contributed by atoms with Crippen molar-refractivity contribution in [2.45, 2.75) is 44.0 Å². The molecule has 0 aliphatic carbocycles. The Kier molecular flexibility index (Phi) is 5.64. The molecule has 1 aliphatic heterocycles. The van der Waals surface area contributed by atoms with Crippen LogP contribution >= 0.6 is 0 Å². The molecule has 7 heteroatoms. The summed E-state index contributed by atoms with van der Waals surface area (Å²) in [5, 5.41) is 2.84. The molecule has 23 heavy (non-hydrogen) atoms. The van der Waals surface area contributed by atoms with Gasteiger partial charge in [-0.05, 0) is 44.4 Å². The standard InChI is InChI=1S/C16H24N2O4S/c1-4-12(2)17-16(19)13-7-8-14(22-3)15(11-13)23(20,21)18-9-5-6-10-18/h7-8,11-12H,4-6,9-10H2,1-3H3,(H,17,19)/t12-/m1/s1. The molecule has 6 nitrogen and oxygen atoms in total. The average Bonchev–Trinajstić information content (AvgIpc) is 3.09. The van der Waals surface area contributed by atoms with Crippen LogP contribution in [0.2, 0.25) is 0 Å². The summed E-state index contributed by atoms with van der Waals surface area (Å²) in [6.07, 6.45) is 2.52. The maximum Gasteiger partial charge on any atom is 0.251 e. The number of nitrogens with zero attached hydrogens (tertiary/aromatic N) is 1. The van der Waals surface area contributed by atoms with Gasteiger partial charge in [0.25, 0.3) is 5.91 Å². The third-order valence-corrected chi connectivity index (χ3v) is 6.02. The Labute approximate surface area is 137 Å².